The van der Waals surface area contributed by atoms with Crippen LogP contribution in [0.4, 0.5) is 5.69 Å². The van der Waals surface area contributed by atoms with Crippen molar-refractivity contribution >= 4 is 34.8 Å². The highest BCUT2D eigenvalue weighted by molar-refractivity contribution is 6.31. The monoisotopic (exact) mass is 450 g/mol. The molecular weight excluding hydrogens is 431 g/mol. The molecule has 1 heterocycles. The molecule has 1 N–H and O–H groups in total. The minimum atomic E-state index is -0.392. The fraction of sp³-hybridized carbons (Fsp3) is 0.125. The van der Waals surface area contributed by atoms with Crippen molar-refractivity contribution in [2.24, 2.45) is 0 Å². The van der Waals surface area contributed by atoms with E-state index in [4.69, 9.17) is 23.2 Å². The minimum absolute atomic E-state index is 0.0579. The number of carbonyl (C=O) groups is 1. The molecule has 1 aromatic heterocycles. The molecule has 0 spiro atoms. The van der Waals surface area contributed by atoms with E-state index in [1.807, 2.05) is 69.3 Å². The summed E-state index contributed by atoms with van der Waals surface area (Å²) in [5, 5.41) is 8.62. The topological polar surface area (TPSA) is 59.8 Å². The Bertz CT molecular complexity index is 1280. The summed E-state index contributed by atoms with van der Waals surface area (Å²) in [5.74, 6) is 0.187. The third kappa shape index (κ3) is 4.33. The van der Waals surface area contributed by atoms with Crippen molar-refractivity contribution in [3.8, 4) is 17.1 Å². The first-order valence-electron chi connectivity index (χ1n) is 9.70. The molecule has 3 aromatic carbocycles. The van der Waals surface area contributed by atoms with Gasteiger partial charge >= 0.3 is 0 Å². The number of nitrogens with zero attached hydrogens (tertiary/aromatic N) is 3. The molecule has 0 aliphatic rings. The molecule has 7 heteroatoms. The summed E-state index contributed by atoms with van der Waals surface area (Å²) in [6.45, 7) is 5.92. The van der Waals surface area contributed by atoms with Crippen LogP contribution >= 0.6 is 23.2 Å². The van der Waals surface area contributed by atoms with E-state index in [1.54, 1.807) is 16.8 Å². The summed E-state index contributed by atoms with van der Waals surface area (Å²) >= 11 is 12.4. The van der Waals surface area contributed by atoms with Gasteiger partial charge in [-0.3, -0.25) is 4.79 Å². The molecule has 4 rings (SSSR count). The van der Waals surface area contributed by atoms with E-state index < -0.39 is 5.91 Å². The number of amides is 1. The Kier molecular flexibility index (Phi) is 5.81. The second-order valence-electron chi connectivity index (χ2n) is 7.31. The number of nitrogens with one attached hydrogen (secondary N) is 1. The maximum atomic E-state index is 12.9. The van der Waals surface area contributed by atoms with Gasteiger partial charge in [-0.2, -0.15) is 0 Å². The molecule has 0 saturated heterocycles. The van der Waals surface area contributed by atoms with Crippen molar-refractivity contribution in [3.63, 3.8) is 0 Å². The first kappa shape index (κ1) is 21.1. The summed E-state index contributed by atoms with van der Waals surface area (Å²) in [5.41, 5.74) is 5.30. The number of hydrogen-bond donors (Lipinski definition) is 1. The van der Waals surface area contributed by atoms with E-state index in [0.29, 0.717) is 21.6 Å². The van der Waals surface area contributed by atoms with Crippen LogP contribution in [0, 0.1) is 20.8 Å². The van der Waals surface area contributed by atoms with Crippen molar-refractivity contribution in [1.29, 1.82) is 0 Å². The largest absolute Gasteiger partial charge is 0.319 e. The number of benzene rings is 3. The van der Waals surface area contributed by atoms with Crippen LogP contribution in [0.1, 0.15) is 27.3 Å². The van der Waals surface area contributed by atoms with Gasteiger partial charge in [0.05, 0.1) is 5.69 Å². The third-order valence-corrected chi connectivity index (χ3v) is 5.81. The molecule has 1 amide bonds. The van der Waals surface area contributed by atoms with Crippen LogP contribution in [0.2, 0.25) is 10.0 Å². The van der Waals surface area contributed by atoms with Crippen molar-refractivity contribution in [3.05, 3.63) is 93.2 Å². The van der Waals surface area contributed by atoms with E-state index in [9.17, 15) is 4.79 Å². The summed E-state index contributed by atoms with van der Waals surface area (Å²) in [7, 11) is 0. The molecule has 0 bridgehead atoms. The number of aromatic nitrogens is 3. The third-order valence-electron chi connectivity index (χ3n) is 5.14. The highest BCUT2D eigenvalue weighted by Gasteiger charge is 2.20. The molecule has 0 radical (unpaired) electrons. The Morgan fingerprint density at radius 3 is 2.39 bits per heavy atom. The number of hydrogen-bond acceptors (Lipinski definition) is 3. The average Bonchev–Trinajstić information content (AvgIpc) is 3.18. The van der Waals surface area contributed by atoms with Crippen LogP contribution in [-0.4, -0.2) is 20.7 Å². The lowest BCUT2D eigenvalue weighted by Crippen LogP contribution is -2.14. The Hall–Kier alpha value is -3.15. The summed E-state index contributed by atoms with van der Waals surface area (Å²) in [4.78, 5) is 17.5. The normalized spacial score (nSPS) is 10.9. The quantitative estimate of drug-likeness (QED) is 0.390. The molecule has 0 atom stereocenters. The highest BCUT2D eigenvalue weighted by atomic mass is 35.5. The van der Waals surface area contributed by atoms with Crippen LogP contribution in [0.5, 0.6) is 0 Å². The van der Waals surface area contributed by atoms with Crippen molar-refractivity contribution < 1.29 is 4.79 Å². The molecule has 4 aromatic rings. The molecule has 0 aliphatic heterocycles. The maximum absolute atomic E-state index is 12.9. The van der Waals surface area contributed by atoms with Crippen LogP contribution in [0.3, 0.4) is 0 Å². The van der Waals surface area contributed by atoms with Gasteiger partial charge in [-0.1, -0.05) is 35.3 Å². The zero-order valence-electron chi connectivity index (χ0n) is 17.3. The van der Waals surface area contributed by atoms with Crippen molar-refractivity contribution in [1.82, 2.24) is 14.8 Å². The van der Waals surface area contributed by atoms with Gasteiger partial charge in [0, 0.05) is 21.3 Å². The Balaban J connectivity index is 1.79. The Labute approximate surface area is 190 Å². The van der Waals surface area contributed by atoms with Gasteiger partial charge in [0.25, 0.3) is 5.91 Å². The van der Waals surface area contributed by atoms with Crippen LogP contribution in [0.15, 0.2) is 60.7 Å². The molecule has 0 fully saturated rings. The standard InChI is InChI=1S/C24H20Cl2N4O/c1-14-7-12-19(13-15(14)2)27-24(31)22-28-23(17-8-10-18(25)11-9-17)30(29-22)21-6-4-5-20(26)16(21)3/h4-13H,1-3H3,(H,27,31). The fourth-order valence-corrected chi connectivity index (χ4v) is 3.49. The minimum Gasteiger partial charge on any atom is -0.319 e. The Morgan fingerprint density at radius 2 is 1.68 bits per heavy atom. The van der Waals surface area contributed by atoms with Gasteiger partial charge in [0.1, 0.15) is 0 Å². The molecular formula is C24H20Cl2N4O. The van der Waals surface area contributed by atoms with Crippen LogP contribution in [0.25, 0.3) is 17.1 Å². The van der Waals surface area contributed by atoms with Crippen LogP contribution < -0.4 is 5.32 Å². The van der Waals surface area contributed by atoms with Gasteiger partial charge in [-0.05, 0) is 86.0 Å². The van der Waals surface area contributed by atoms with Crippen molar-refractivity contribution in [2.45, 2.75) is 20.8 Å². The number of aryl methyl sites for hydroxylation is 2. The predicted octanol–water partition coefficient (Wildman–Crippen LogP) is 6.42. The number of rotatable bonds is 4. The SMILES string of the molecule is Cc1ccc(NC(=O)c2nc(-c3ccc(Cl)cc3)n(-c3cccc(Cl)c3C)n2)cc1C. The maximum Gasteiger partial charge on any atom is 0.295 e. The summed E-state index contributed by atoms with van der Waals surface area (Å²) in [6.07, 6.45) is 0. The van der Waals surface area contributed by atoms with E-state index in [-0.39, 0.29) is 5.82 Å². The van der Waals surface area contributed by atoms with Gasteiger partial charge in [-0.25, -0.2) is 9.67 Å². The number of anilines is 1. The number of carbonyl (C=O) groups excluding carboxylic acids is 1. The molecule has 5 nitrogen and oxygen atoms in total. The van der Waals surface area contributed by atoms with Gasteiger partial charge in [-0.15, -0.1) is 5.10 Å². The highest BCUT2D eigenvalue weighted by Crippen LogP contribution is 2.27. The van der Waals surface area contributed by atoms with E-state index in [0.717, 1.165) is 27.9 Å². The zero-order chi connectivity index (χ0) is 22.1. The molecule has 0 aliphatic carbocycles. The Morgan fingerprint density at radius 1 is 0.935 bits per heavy atom. The first-order chi connectivity index (χ1) is 14.8. The van der Waals surface area contributed by atoms with Crippen molar-refractivity contribution in [2.75, 3.05) is 5.32 Å². The zero-order valence-corrected chi connectivity index (χ0v) is 18.8. The first-order valence-corrected chi connectivity index (χ1v) is 10.5. The lowest BCUT2D eigenvalue weighted by atomic mass is 10.1. The molecule has 0 unspecified atom stereocenters. The van der Waals surface area contributed by atoms with E-state index in [2.05, 4.69) is 15.4 Å². The molecule has 31 heavy (non-hydrogen) atoms. The van der Waals surface area contributed by atoms with Gasteiger partial charge < -0.3 is 5.32 Å². The predicted molar refractivity (Wildman–Crippen MR) is 125 cm³/mol. The second kappa shape index (κ2) is 8.53. The number of halogens is 2. The van der Waals surface area contributed by atoms with Gasteiger partial charge in [0.15, 0.2) is 5.82 Å². The van der Waals surface area contributed by atoms with E-state index in [1.165, 1.54) is 0 Å². The van der Waals surface area contributed by atoms with Gasteiger partial charge in [0.2, 0.25) is 5.82 Å². The molecule has 156 valence electrons. The summed E-state index contributed by atoms with van der Waals surface area (Å²) < 4.78 is 1.64. The fourth-order valence-electron chi connectivity index (χ4n) is 3.19. The average molecular weight is 451 g/mol. The lowest BCUT2D eigenvalue weighted by molar-refractivity contribution is 0.101. The van der Waals surface area contributed by atoms with E-state index >= 15 is 0 Å². The summed E-state index contributed by atoms with van der Waals surface area (Å²) in [6, 6.07) is 18.5. The smallest absolute Gasteiger partial charge is 0.295 e. The second-order valence-corrected chi connectivity index (χ2v) is 8.16. The lowest BCUT2D eigenvalue weighted by Gasteiger charge is -2.10. The van der Waals surface area contributed by atoms with Crippen LogP contribution in [-0.2, 0) is 0 Å². The molecule has 0 saturated carbocycles.